The van der Waals surface area contributed by atoms with Crippen LogP contribution in [-0.4, -0.2) is 29.3 Å². The Morgan fingerprint density at radius 1 is 1.14 bits per heavy atom. The Kier molecular flexibility index (Phi) is 5.00. The highest BCUT2D eigenvalue weighted by Gasteiger charge is 2.49. The number of nitrogens with zero attached hydrogens (tertiary/aromatic N) is 1. The summed E-state index contributed by atoms with van der Waals surface area (Å²) in [6.45, 7) is 1.22. The van der Waals surface area contributed by atoms with E-state index in [-0.39, 0.29) is 15.7 Å². The van der Waals surface area contributed by atoms with Gasteiger partial charge >= 0.3 is 6.03 Å². The van der Waals surface area contributed by atoms with Crippen molar-refractivity contribution < 1.29 is 14.4 Å². The molecule has 150 valence electrons. The second-order valence-corrected chi connectivity index (χ2v) is 8.24. The van der Waals surface area contributed by atoms with Gasteiger partial charge in [0.15, 0.2) is 0 Å². The van der Waals surface area contributed by atoms with Crippen molar-refractivity contribution in [1.29, 1.82) is 0 Å². The highest BCUT2D eigenvalue weighted by molar-refractivity contribution is 6.39. The lowest BCUT2D eigenvalue weighted by Crippen LogP contribution is -2.42. The molecule has 1 atom stereocenters. The van der Waals surface area contributed by atoms with Crippen LogP contribution in [0.15, 0.2) is 36.4 Å². The number of halogens is 2. The number of benzene rings is 2. The maximum absolute atomic E-state index is 13.1. The molecule has 2 aliphatic rings. The van der Waals surface area contributed by atoms with Crippen LogP contribution in [0.3, 0.4) is 0 Å². The van der Waals surface area contributed by atoms with Gasteiger partial charge < -0.3 is 10.6 Å². The van der Waals surface area contributed by atoms with Crippen molar-refractivity contribution >= 4 is 46.7 Å². The van der Waals surface area contributed by atoms with E-state index in [9.17, 15) is 14.4 Å². The lowest BCUT2D eigenvalue weighted by atomic mass is 9.89. The Hall–Kier alpha value is -2.57. The molecule has 1 heterocycles. The van der Waals surface area contributed by atoms with Gasteiger partial charge in [-0.05, 0) is 55.0 Å². The zero-order chi connectivity index (χ0) is 20.8. The van der Waals surface area contributed by atoms with E-state index in [0.29, 0.717) is 5.56 Å². The van der Waals surface area contributed by atoms with E-state index in [1.807, 2.05) is 18.2 Å². The van der Waals surface area contributed by atoms with E-state index in [1.54, 1.807) is 25.1 Å². The number of carbonyl (C=O) groups excluding carboxylic acids is 3. The quantitative estimate of drug-likeness (QED) is 0.720. The van der Waals surface area contributed by atoms with Gasteiger partial charge in [-0.2, -0.15) is 0 Å². The minimum atomic E-state index is -1.21. The predicted octanol–water partition coefficient (Wildman–Crippen LogP) is 3.89. The molecule has 1 fully saturated rings. The van der Waals surface area contributed by atoms with Gasteiger partial charge in [-0.15, -0.1) is 0 Å². The minimum absolute atomic E-state index is 0.245. The summed E-state index contributed by atoms with van der Waals surface area (Å²) < 4.78 is 0. The third-order valence-corrected chi connectivity index (χ3v) is 6.11. The van der Waals surface area contributed by atoms with Crippen LogP contribution in [0.25, 0.3) is 0 Å². The molecular formula is C21H19Cl2N3O3. The van der Waals surface area contributed by atoms with Gasteiger partial charge in [-0.3, -0.25) is 14.5 Å². The molecule has 0 aromatic heterocycles. The molecular weight excluding hydrogens is 413 g/mol. The van der Waals surface area contributed by atoms with Gasteiger partial charge in [0, 0.05) is 0 Å². The third-order valence-electron chi connectivity index (χ3n) is 5.48. The first-order chi connectivity index (χ1) is 13.8. The Labute approximate surface area is 178 Å². The summed E-state index contributed by atoms with van der Waals surface area (Å²) in [5.74, 6) is -1.04. The van der Waals surface area contributed by atoms with Crippen molar-refractivity contribution in [2.24, 2.45) is 0 Å². The first kappa shape index (κ1) is 19.7. The molecule has 4 rings (SSSR count). The molecule has 0 saturated carbocycles. The van der Waals surface area contributed by atoms with Crippen LogP contribution in [0.2, 0.25) is 10.0 Å². The van der Waals surface area contributed by atoms with Crippen LogP contribution in [0, 0.1) is 0 Å². The number of para-hydroxylation sites is 1. The topological polar surface area (TPSA) is 78.5 Å². The maximum atomic E-state index is 13.1. The van der Waals surface area contributed by atoms with Crippen molar-refractivity contribution in [2.45, 2.75) is 31.7 Å². The van der Waals surface area contributed by atoms with Crippen molar-refractivity contribution in [3.05, 3.63) is 63.1 Å². The number of hydrogen-bond acceptors (Lipinski definition) is 3. The molecule has 1 aliphatic heterocycles. The summed E-state index contributed by atoms with van der Waals surface area (Å²) in [5.41, 5.74) is 2.23. The molecule has 6 nitrogen and oxygen atoms in total. The molecule has 2 N–H and O–H groups in total. The summed E-state index contributed by atoms with van der Waals surface area (Å²) in [7, 11) is 0. The fourth-order valence-corrected chi connectivity index (χ4v) is 4.35. The summed E-state index contributed by atoms with van der Waals surface area (Å²) >= 11 is 12.1. The first-order valence-corrected chi connectivity index (χ1v) is 10.1. The zero-order valence-electron chi connectivity index (χ0n) is 15.7. The zero-order valence-corrected chi connectivity index (χ0v) is 17.2. The first-order valence-electron chi connectivity index (χ1n) is 9.30. The van der Waals surface area contributed by atoms with Crippen molar-refractivity contribution in [3.63, 3.8) is 0 Å². The van der Waals surface area contributed by atoms with E-state index in [4.69, 9.17) is 23.2 Å². The van der Waals surface area contributed by atoms with Crippen molar-refractivity contribution in [1.82, 2.24) is 10.2 Å². The van der Waals surface area contributed by atoms with E-state index in [1.165, 1.54) is 11.1 Å². The molecule has 0 radical (unpaired) electrons. The Morgan fingerprint density at radius 2 is 1.83 bits per heavy atom. The number of rotatable bonds is 4. The molecule has 1 saturated heterocycles. The van der Waals surface area contributed by atoms with Gasteiger partial charge in [-0.1, -0.05) is 47.5 Å². The average molecular weight is 432 g/mol. The van der Waals surface area contributed by atoms with Crippen LogP contribution >= 0.6 is 23.2 Å². The maximum Gasteiger partial charge on any atom is 0.325 e. The Balaban J connectivity index is 1.53. The second kappa shape index (κ2) is 7.35. The monoisotopic (exact) mass is 431 g/mol. The van der Waals surface area contributed by atoms with Gasteiger partial charge in [0.1, 0.15) is 12.1 Å². The van der Waals surface area contributed by atoms with Gasteiger partial charge in [0.2, 0.25) is 5.91 Å². The molecule has 0 bridgehead atoms. The molecule has 8 heteroatoms. The van der Waals surface area contributed by atoms with E-state index in [2.05, 4.69) is 10.6 Å². The number of aryl methyl sites for hydroxylation is 2. The summed E-state index contributed by atoms with van der Waals surface area (Å²) in [6, 6.07) is 10.1. The Bertz CT molecular complexity index is 1020. The number of carbonyl (C=O) groups is 3. The summed E-state index contributed by atoms with van der Waals surface area (Å²) in [6.07, 6.45) is 3.09. The van der Waals surface area contributed by atoms with Crippen LogP contribution in [-0.2, 0) is 28.0 Å². The van der Waals surface area contributed by atoms with E-state index in [0.717, 1.165) is 24.2 Å². The largest absolute Gasteiger partial charge is 0.325 e. The number of urea groups is 1. The molecule has 1 aliphatic carbocycles. The fourth-order valence-electron chi connectivity index (χ4n) is 3.86. The smallest absolute Gasteiger partial charge is 0.322 e. The summed E-state index contributed by atoms with van der Waals surface area (Å²) in [5, 5.41) is 5.84. The number of fused-ring (bicyclic) bond motifs is 1. The lowest BCUT2D eigenvalue weighted by molar-refractivity contribution is -0.133. The van der Waals surface area contributed by atoms with Gasteiger partial charge in [0.25, 0.3) is 5.91 Å². The van der Waals surface area contributed by atoms with Gasteiger partial charge in [-0.25, -0.2) is 4.79 Å². The lowest BCUT2D eigenvalue weighted by Gasteiger charge is -2.23. The van der Waals surface area contributed by atoms with Crippen LogP contribution in [0.4, 0.5) is 10.5 Å². The number of imide groups is 1. The molecule has 29 heavy (non-hydrogen) atoms. The van der Waals surface area contributed by atoms with Crippen molar-refractivity contribution in [2.75, 3.05) is 11.9 Å². The Morgan fingerprint density at radius 3 is 2.55 bits per heavy atom. The second-order valence-electron chi connectivity index (χ2n) is 7.43. The molecule has 0 spiro atoms. The van der Waals surface area contributed by atoms with Crippen molar-refractivity contribution in [3.8, 4) is 0 Å². The molecule has 2 aromatic rings. The summed E-state index contributed by atoms with van der Waals surface area (Å²) in [4.78, 5) is 38.9. The number of amides is 4. The SMILES string of the molecule is CC1(c2ccc3c(c2)CCC3)NC(=O)N(CC(=O)Nc2c(Cl)cccc2Cl)C1=O. The van der Waals surface area contributed by atoms with Gasteiger partial charge in [0.05, 0.1) is 15.7 Å². The van der Waals surface area contributed by atoms with Crippen LogP contribution in [0.5, 0.6) is 0 Å². The van der Waals surface area contributed by atoms with E-state index < -0.39 is 29.9 Å². The van der Waals surface area contributed by atoms with E-state index >= 15 is 0 Å². The number of nitrogens with one attached hydrogen (secondary N) is 2. The standard InChI is InChI=1S/C21H19Cl2N3O3/c1-21(14-9-8-12-4-2-5-13(12)10-14)19(28)26(20(29)25-21)11-17(27)24-18-15(22)6-3-7-16(18)23/h3,6-10H,2,4-5,11H2,1H3,(H,24,27)(H,25,29). The molecule has 2 aromatic carbocycles. The normalized spacial score (nSPS) is 20.6. The highest BCUT2D eigenvalue weighted by Crippen LogP contribution is 2.33. The fraction of sp³-hybridized carbons (Fsp3) is 0.286. The molecule has 1 unspecified atom stereocenters. The molecule has 4 amide bonds. The highest BCUT2D eigenvalue weighted by atomic mass is 35.5. The third kappa shape index (κ3) is 3.47. The van der Waals surface area contributed by atoms with Crippen LogP contribution in [0.1, 0.15) is 30.0 Å². The number of hydrogen-bond donors (Lipinski definition) is 2. The van der Waals surface area contributed by atoms with Crippen LogP contribution < -0.4 is 10.6 Å². The average Bonchev–Trinajstić information content (AvgIpc) is 3.23. The predicted molar refractivity (Wildman–Crippen MR) is 111 cm³/mol. The minimum Gasteiger partial charge on any atom is -0.322 e. The number of anilines is 1.